The molecular formula is C31H39ClN2O5. The van der Waals surface area contributed by atoms with E-state index in [2.05, 4.69) is 21.6 Å². The van der Waals surface area contributed by atoms with Crippen molar-refractivity contribution in [1.82, 2.24) is 9.47 Å². The van der Waals surface area contributed by atoms with Crippen molar-refractivity contribution in [3.63, 3.8) is 0 Å². The zero-order chi connectivity index (χ0) is 26.1. The van der Waals surface area contributed by atoms with E-state index in [1.165, 1.54) is 48.7 Å². The van der Waals surface area contributed by atoms with Gasteiger partial charge in [-0.2, -0.15) is 0 Å². The van der Waals surface area contributed by atoms with Gasteiger partial charge in [0.1, 0.15) is 12.7 Å². The van der Waals surface area contributed by atoms with E-state index in [1.54, 1.807) is 13.2 Å². The Morgan fingerprint density at radius 2 is 1.92 bits per heavy atom. The number of rotatable bonds is 7. The Labute approximate surface area is 236 Å². The first-order valence-corrected chi connectivity index (χ1v) is 14.2. The van der Waals surface area contributed by atoms with Crippen LogP contribution in [0.25, 0.3) is 22.2 Å². The van der Waals surface area contributed by atoms with Gasteiger partial charge in [-0.15, -0.1) is 12.4 Å². The van der Waals surface area contributed by atoms with Crippen LogP contribution in [0.3, 0.4) is 0 Å². The molecule has 7 nitrogen and oxygen atoms in total. The lowest BCUT2D eigenvalue weighted by Crippen LogP contribution is -2.42. The van der Waals surface area contributed by atoms with Crippen LogP contribution in [0.15, 0.2) is 36.4 Å². The summed E-state index contributed by atoms with van der Waals surface area (Å²) in [6.45, 7) is 4.80. The quantitative estimate of drug-likeness (QED) is 0.366. The van der Waals surface area contributed by atoms with Crippen molar-refractivity contribution in [1.29, 1.82) is 0 Å². The molecule has 0 radical (unpaired) electrons. The number of ether oxygens (including phenoxy) is 3. The number of aromatic nitrogens is 1. The predicted octanol–water partition coefficient (Wildman–Crippen LogP) is 6.36. The number of carboxylic acid groups (broad SMARTS) is 1. The van der Waals surface area contributed by atoms with Gasteiger partial charge in [0.2, 0.25) is 0 Å². The fraction of sp³-hybridized carbons (Fsp3) is 0.516. The molecule has 210 valence electrons. The summed E-state index contributed by atoms with van der Waals surface area (Å²) in [6, 6.07) is 11.9. The minimum absolute atomic E-state index is 0. The standard InChI is InChI=1S/C31H38N2O5.ClH/c1-36-17-15-32-14-6-9-23(20-32)38-27-11-5-10-25-29-28(21-7-3-2-4-8-21)24-13-12-22(31(34)35)19-26(24)33(29)16-18-37-30(25)27;/h5,10-13,19,21,23H,2-4,6-9,14-18,20H2,1H3,(H,34,35);1H. The third kappa shape index (κ3) is 5.49. The Morgan fingerprint density at radius 3 is 2.72 bits per heavy atom. The molecule has 3 heterocycles. The van der Waals surface area contributed by atoms with Crippen LogP contribution in [0.4, 0.5) is 0 Å². The zero-order valence-electron chi connectivity index (χ0n) is 22.7. The van der Waals surface area contributed by atoms with E-state index in [9.17, 15) is 9.90 Å². The Hall–Kier alpha value is -2.74. The average molecular weight is 555 g/mol. The molecule has 0 spiro atoms. The second kappa shape index (κ2) is 12.2. The highest BCUT2D eigenvalue weighted by Gasteiger charge is 2.31. The largest absolute Gasteiger partial charge is 0.487 e. The first-order chi connectivity index (χ1) is 18.6. The molecule has 0 amide bonds. The summed E-state index contributed by atoms with van der Waals surface area (Å²) in [7, 11) is 1.75. The predicted molar refractivity (Wildman–Crippen MR) is 155 cm³/mol. The fourth-order valence-corrected chi connectivity index (χ4v) is 6.73. The summed E-state index contributed by atoms with van der Waals surface area (Å²) < 4.78 is 20.7. The number of halogens is 1. The number of methoxy groups -OCH3 is 1. The average Bonchev–Trinajstić information content (AvgIpc) is 3.13. The Bertz CT molecular complexity index is 1320. The first-order valence-electron chi connectivity index (χ1n) is 14.2. The van der Waals surface area contributed by atoms with Gasteiger partial charge in [0.15, 0.2) is 11.5 Å². The number of hydrogen-bond donors (Lipinski definition) is 1. The van der Waals surface area contributed by atoms with Crippen molar-refractivity contribution in [3.8, 4) is 22.8 Å². The molecule has 2 fully saturated rings. The van der Waals surface area contributed by atoms with Crippen molar-refractivity contribution in [2.24, 2.45) is 0 Å². The fourth-order valence-electron chi connectivity index (χ4n) is 6.73. The van der Waals surface area contributed by atoms with Gasteiger partial charge in [-0.1, -0.05) is 31.4 Å². The van der Waals surface area contributed by atoms with Crippen LogP contribution in [0.5, 0.6) is 11.5 Å². The molecule has 39 heavy (non-hydrogen) atoms. The number of carboxylic acids is 1. The van der Waals surface area contributed by atoms with Crippen molar-refractivity contribution in [2.75, 3.05) is 40.0 Å². The maximum Gasteiger partial charge on any atom is 0.335 e. The van der Waals surface area contributed by atoms with Gasteiger partial charge in [0.25, 0.3) is 0 Å². The van der Waals surface area contributed by atoms with Gasteiger partial charge >= 0.3 is 5.97 Å². The number of benzene rings is 2. The smallest absolute Gasteiger partial charge is 0.335 e. The molecule has 1 aliphatic carbocycles. The maximum absolute atomic E-state index is 11.8. The topological polar surface area (TPSA) is 73.2 Å². The third-order valence-corrected chi connectivity index (χ3v) is 8.53. The second-order valence-electron chi connectivity index (χ2n) is 10.9. The minimum atomic E-state index is -0.894. The number of hydrogen-bond acceptors (Lipinski definition) is 5. The van der Waals surface area contributed by atoms with Crippen LogP contribution in [0, 0.1) is 0 Å². The SMILES string of the molecule is COCCN1CCCC(Oc2cccc3c2OCCn2c-3c(C3CCCCC3)c3ccc(C(=O)O)cc32)C1.Cl. The van der Waals surface area contributed by atoms with Gasteiger partial charge in [-0.05, 0) is 68.0 Å². The Balaban J connectivity index is 0.00000308. The maximum atomic E-state index is 11.8. The summed E-state index contributed by atoms with van der Waals surface area (Å²) in [6.07, 6.45) is 8.33. The molecule has 3 aliphatic rings. The van der Waals surface area contributed by atoms with Crippen molar-refractivity contribution in [2.45, 2.75) is 63.5 Å². The number of fused-ring (bicyclic) bond motifs is 5. The molecule has 1 N–H and O–H groups in total. The van der Waals surface area contributed by atoms with E-state index in [0.717, 1.165) is 61.7 Å². The lowest BCUT2D eigenvalue weighted by Gasteiger charge is -2.33. The molecule has 1 saturated heterocycles. The summed E-state index contributed by atoms with van der Waals surface area (Å²) in [5.41, 5.74) is 4.90. The van der Waals surface area contributed by atoms with Crippen LogP contribution in [0.2, 0.25) is 0 Å². The van der Waals surface area contributed by atoms with Crippen molar-refractivity contribution in [3.05, 3.63) is 47.5 Å². The van der Waals surface area contributed by atoms with Crippen molar-refractivity contribution >= 4 is 29.3 Å². The summed E-state index contributed by atoms with van der Waals surface area (Å²) >= 11 is 0. The van der Waals surface area contributed by atoms with E-state index < -0.39 is 5.97 Å². The monoisotopic (exact) mass is 554 g/mol. The Morgan fingerprint density at radius 1 is 1.08 bits per heavy atom. The second-order valence-corrected chi connectivity index (χ2v) is 10.9. The number of piperidine rings is 1. The molecular weight excluding hydrogens is 516 g/mol. The van der Waals surface area contributed by atoms with Crippen LogP contribution in [0.1, 0.15) is 66.8 Å². The van der Waals surface area contributed by atoms with E-state index >= 15 is 0 Å². The normalized spacial score (nSPS) is 19.9. The number of likely N-dealkylation sites (tertiary alicyclic amines) is 1. The molecule has 2 aliphatic heterocycles. The highest BCUT2D eigenvalue weighted by atomic mass is 35.5. The molecule has 1 saturated carbocycles. The number of aromatic carboxylic acids is 1. The number of para-hydroxylation sites is 1. The summed E-state index contributed by atoms with van der Waals surface area (Å²) in [5, 5.41) is 10.9. The third-order valence-electron chi connectivity index (χ3n) is 8.53. The van der Waals surface area contributed by atoms with Gasteiger partial charge in [0.05, 0.1) is 24.4 Å². The van der Waals surface area contributed by atoms with Crippen LogP contribution < -0.4 is 9.47 Å². The van der Waals surface area contributed by atoms with E-state index in [1.807, 2.05) is 18.2 Å². The van der Waals surface area contributed by atoms with Gasteiger partial charge in [-0.3, -0.25) is 4.90 Å². The molecule has 2 aromatic carbocycles. The van der Waals surface area contributed by atoms with Crippen molar-refractivity contribution < 1.29 is 24.1 Å². The summed E-state index contributed by atoms with van der Waals surface area (Å²) in [4.78, 5) is 14.3. The van der Waals surface area contributed by atoms with E-state index in [-0.39, 0.29) is 18.5 Å². The molecule has 6 rings (SSSR count). The van der Waals surface area contributed by atoms with E-state index in [0.29, 0.717) is 24.6 Å². The highest BCUT2D eigenvalue weighted by Crippen LogP contribution is 2.49. The van der Waals surface area contributed by atoms with Gasteiger partial charge in [0, 0.05) is 36.7 Å². The first kappa shape index (κ1) is 27.8. The molecule has 1 unspecified atom stereocenters. The molecule has 1 atom stereocenters. The molecule has 1 aromatic heterocycles. The van der Waals surface area contributed by atoms with Crippen LogP contribution in [-0.4, -0.2) is 66.6 Å². The highest BCUT2D eigenvalue weighted by molar-refractivity contribution is 5.99. The molecule has 3 aromatic rings. The number of carbonyl (C=O) groups is 1. The molecule has 0 bridgehead atoms. The lowest BCUT2D eigenvalue weighted by atomic mass is 9.81. The zero-order valence-corrected chi connectivity index (χ0v) is 23.5. The van der Waals surface area contributed by atoms with Gasteiger partial charge < -0.3 is 23.9 Å². The van der Waals surface area contributed by atoms with Crippen LogP contribution in [-0.2, 0) is 11.3 Å². The minimum Gasteiger partial charge on any atom is -0.487 e. The van der Waals surface area contributed by atoms with Crippen LogP contribution >= 0.6 is 12.4 Å². The van der Waals surface area contributed by atoms with Gasteiger partial charge in [-0.25, -0.2) is 4.79 Å². The lowest BCUT2D eigenvalue weighted by molar-refractivity contribution is 0.0662. The molecule has 8 heteroatoms. The number of nitrogens with zero attached hydrogens (tertiary/aromatic N) is 2. The Kier molecular flexibility index (Phi) is 8.70. The summed E-state index contributed by atoms with van der Waals surface area (Å²) in [5.74, 6) is 1.19. The van der Waals surface area contributed by atoms with E-state index in [4.69, 9.17) is 14.2 Å².